The number of carbonyl (C=O) groups excluding carboxylic acids is 1. The van der Waals surface area contributed by atoms with Crippen molar-refractivity contribution < 1.29 is 9.32 Å². The molecule has 2 N–H and O–H groups in total. The van der Waals surface area contributed by atoms with Gasteiger partial charge in [0.25, 0.3) is 11.7 Å². The summed E-state index contributed by atoms with van der Waals surface area (Å²) in [5.74, 6) is 0.158. The van der Waals surface area contributed by atoms with Crippen LogP contribution in [0.25, 0.3) is 0 Å². The number of rotatable bonds is 5. The molecule has 94 valence electrons. The first kappa shape index (κ1) is 12.1. The molecule has 0 aliphatic heterocycles. The number of para-hydroxylation sites is 1. The van der Waals surface area contributed by atoms with Gasteiger partial charge in [0.2, 0.25) is 5.89 Å². The molecule has 6 nitrogen and oxygen atoms in total. The number of amides is 1. The molecule has 0 saturated heterocycles. The lowest BCUT2D eigenvalue weighted by molar-refractivity contribution is 0.0950. The molecule has 6 heteroatoms. The molecular formula is C12H14N4O2. The Hall–Kier alpha value is -2.37. The first-order valence-corrected chi connectivity index (χ1v) is 5.63. The molecule has 2 aromatic rings. The van der Waals surface area contributed by atoms with E-state index in [2.05, 4.69) is 20.8 Å². The highest BCUT2D eigenvalue weighted by Crippen LogP contribution is 2.05. The van der Waals surface area contributed by atoms with Crippen LogP contribution in [0.2, 0.25) is 0 Å². The molecule has 0 radical (unpaired) electrons. The number of hydrogen-bond acceptors (Lipinski definition) is 5. The van der Waals surface area contributed by atoms with Gasteiger partial charge in [0.1, 0.15) is 0 Å². The van der Waals surface area contributed by atoms with E-state index in [9.17, 15) is 4.79 Å². The third-order valence-corrected chi connectivity index (χ3v) is 2.34. The quantitative estimate of drug-likeness (QED) is 0.825. The summed E-state index contributed by atoms with van der Waals surface area (Å²) in [6.45, 7) is 0.666. The van der Waals surface area contributed by atoms with Gasteiger partial charge in [-0.2, -0.15) is 4.98 Å². The van der Waals surface area contributed by atoms with E-state index in [1.165, 1.54) is 7.05 Å². The van der Waals surface area contributed by atoms with Crippen molar-refractivity contribution in [3.8, 4) is 0 Å². The van der Waals surface area contributed by atoms with Gasteiger partial charge in [-0.1, -0.05) is 23.4 Å². The van der Waals surface area contributed by atoms with Gasteiger partial charge < -0.3 is 15.2 Å². The topological polar surface area (TPSA) is 80.0 Å². The summed E-state index contributed by atoms with van der Waals surface area (Å²) in [6, 6.07) is 9.82. The van der Waals surface area contributed by atoms with E-state index in [0.29, 0.717) is 18.9 Å². The summed E-state index contributed by atoms with van der Waals surface area (Å²) in [6.07, 6.45) is 0.568. The van der Waals surface area contributed by atoms with Crippen LogP contribution in [0.15, 0.2) is 34.9 Å². The van der Waals surface area contributed by atoms with Crippen molar-refractivity contribution in [3.05, 3.63) is 42.0 Å². The zero-order chi connectivity index (χ0) is 12.8. The molecule has 1 amide bonds. The van der Waals surface area contributed by atoms with Gasteiger partial charge >= 0.3 is 0 Å². The number of hydrogen-bond donors (Lipinski definition) is 2. The summed E-state index contributed by atoms with van der Waals surface area (Å²) in [5, 5.41) is 9.24. The summed E-state index contributed by atoms with van der Waals surface area (Å²) in [7, 11) is 1.52. The van der Waals surface area contributed by atoms with Crippen molar-refractivity contribution in [2.75, 3.05) is 18.9 Å². The number of anilines is 1. The summed E-state index contributed by atoms with van der Waals surface area (Å²) in [5.41, 5.74) is 1.03. The van der Waals surface area contributed by atoms with Gasteiger partial charge in [0.05, 0.1) is 0 Å². The molecule has 1 aromatic carbocycles. The van der Waals surface area contributed by atoms with E-state index in [4.69, 9.17) is 4.52 Å². The third kappa shape index (κ3) is 3.07. The van der Waals surface area contributed by atoms with E-state index >= 15 is 0 Å². The average Bonchev–Trinajstić information content (AvgIpc) is 2.88. The Kier molecular flexibility index (Phi) is 3.90. The molecule has 1 aromatic heterocycles. The molecule has 0 bridgehead atoms. The highest BCUT2D eigenvalue weighted by Gasteiger charge is 2.12. The second-order valence-electron chi connectivity index (χ2n) is 3.63. The van der Waals surface area contributed by atoms with E-state index in [0.717, 1.165) is 5.69 Å². The molecule has 18 heavy (non-hydrogen) atoms. The lowest BCUT2D eigenvalue weighted by Gasteiger charge is -2.02. The zero-order valence-corrected chi connectivity index (χ0v) is 10.0. The molecular weight excluding hydrogens is 232 g/mol. The van der Waals surface area contributed by atoms with Crippen LogP contribution in [0, 0.1) is 0 Å². The van der Waals surface area contributed by atoms with Crippen molar-refractivity contribution in [2.24, 2.45) is 0 Å². The van der Waals surface area contributed by atoms with Crippen LogP contribution in [0.3, 0.4) is 0 Å². The molecule has 0 aliphatic rings. The lowest BCUT2D eigenvalue weighted by atomic mass is 10.3. The van der Waals surface area contributed by atoms with Gasteiger partial charge in [-0.15, -0.1) is 0 Å². The number of nitrogens with one attached hydrogen (secondary N) is 2. The second-order valence-corrected chi connectivity index (χ2v) is 3.63. The lowest BCUT2D eigenvalue weighted by Crippen LogP contribution is -2.19. The Bertz CT molecular complexity index is 510. The molecule has 2 rings (SSSR count). The zero-order valence-electron chi connectivity index (χ0n) is 10.0. The Morgan fingerprint density at radius 2 is 2.11 bits per heavy atom. The standard InChI is InChI=1S/C12H14N4O2/c1-13-12(17)11-15-10(18-16-11)7-8-14-9-5-3-2-4-6-9/h2-6,14H,7-8H2,1H3,(H,13,17). The van der Waals surface area contributed by atoms with Gasteiger partial charge in [0.15, 0.2) is 0 Å². The molecule has 0 atom stereocenters. The van der Waals surface area contributed by atoms with Crippen molar-refractivity contribution in [3.63, 3.8) is 0 Å². The van der Waals surface area contributed by atoms with E-state index in [1.807, 2.05) is 30.3 Å². The van der Waals surface area contributed by atoms with Gasteiger partial charge in [-0.25, -0.2) is 0 Å². The maximum absolute atomic E-state index is 11.2. The first-order valence-electron chi connectivity index (χ1n) is 5.63. The monoisotopic (exact) mass is 246 g/mol. The molecule has 0 aliphatic carbocycles. The number of aromatic nitrogens is 2. The normalized spacial score (nSPS) is 10.1. The highest BCUT2D eigenvalue weighted by molar-refractivity contribution is 5.89. The summed E-state index contributed by atoms with van der Waals surface area (Å²) < 4.78 is 4.96. The molecule has 0 fully saturated rings. The van der Waals surface area contributed by atoms with Crippen LogP contribution < -0.4 is 10.6 Å². The van der Waals surface area contributed by atoms with Crippen molar-refractivity contribution in [1.82, 2.24) is 15.5 Å². The maximum atomic E-state index is 11.2. The van der Waals surface area contributed by atoms with Crippen LogP contribution in [-0.2, 0) is 6.42 Å². The molecule has 0 spiro atoms. The predicted molar refractivity (Wildman–Crippen MR) is 66.3 cm³/mol. The molecule has 1 heterocycles. The van der Waals surface area contributed by atoms with Crippen LogP contribution >= 0.6 is 0 Å². The SMILES string of the molecule is CNC(=O)c1noc(CCNc2ccccc2)n1. The Morgan fingerprint density at radius 1 is 1.33 bits per heavy atom. The number of carbonyl (C=O) groups is 1. The smallest absolute Gasteiger partial charge is 0.292 e. The fourth-order valence-electron chi connectivity index (χ4n) is 1.43. The van der Waals surface area contributed by atoms with Gasteiger partial charge in [0, 0.05) is 25.7 Å². The second kappa shape index (κ2) is 5.81. The van der Waals surface area contributed by atoms with Gasteiger partial charge in [-0.05, 0) is 12.1 Å². The van der Waals surface area contributed by atoms with E-state index < -0.39 is 0 Å². The maximum Gasteiger partial charge on any atom is 0.292 e. The Balaban J connectivity index is 1.84. The Morgan fingerprint density at radius 3 is 2.83 bits per heavy atom. The Labute approximate surface area is 104 Å². The summed E-state index contributed by atoms with van der Waals surface area (Å²) in [4.78, 5) is 15.2. The molecule has 0 unspecified atom stereocenters. The van der Waals surface area contributed by atoms with Crippen LogP contribution in [0.4, 0.5) is 5.69 Å². The average molecular weight is 246 g/mol. The minimum Gasteiger partial charge on any atom is -0.385 e. The fourth-order valence-corrected chi connectivity index (χ4v) is 1.43. The first-order chi connectivity index (χ1) is 8.79. The number of nitrogens with zero attached hydrogens (tertiary/aromatic N) is 2. The van der Waals surface area contributed by atoms with Crippen LogP contribution in [0.1, 0.15) is 16.5 Å². The molecule has 0 saturated carbocycles. The fraction of sp³-hybridized carbons (Fsp3) is 0.250. The van der Waals surface area contributed by atoms with Crippen molar-refractivity contribution in [2.45, 2.75) is 6.42 Å². The van der Waals surface area contributed by atoms with Crippen LogP contribution in [-0.4, -0.2) is 29.6 Å². The predicted octanol–water partition coefficient (Wildman–Crippen LogP) is 1.08. The van der Waals surface area contributed by atoms with Crippen molar-refractivity contribution >= 4 is 11.6 Å². The third-order valence-electron chi connectivity index (χ3n) is 2.34. The highest BCUT2D eigenvalue weighted by atomic mass is 16.5. The van der Waals surface area contributed by atoms with E-state index in [-0.39, 0.29) is 11.7 Å². The minimum atomic E-state index is -0.346. The summed E-state index contributed by atoms with van der Waals surface area (Å²) >= 11 is 0. The van der Waals surface area contributed by atoms with E-state index in [1.54, 1.807) is 0 Å². The largest absolute Gasteiger partial charge is 0.385 e. The number of benzene rings is 1. The van der Waals surface area contributed by atoms with Crippen LogP contribution in [0.5, 0.6) is 0 Å². The minimum absolute atomic E-state index is 0.0622. The van der Waals surface area contributed by atoms with Gasteiger partial charge in [-0.3, -0.25) is 4.79 Å². The van der Waals surface area contributed by atoms with Crippen molar-refractivity contribution in [1.29, 1.82) is 0 Å².